The van der Waals surface area contributed by atoms with Crippen molar-refractivity contribution in [3.8, 4) is 6.07 Å². The van der Waals surface area contributed by atoms with E-state index in [4.69, 9.17) is 14.4 Å². The van der Waals surface area contributed by atoms with E-state index in [1.54, 1.807) is 12.1 Å². The molecular formula is C19H15NO3S. The standard InChI is InChI=1S/C19H15NO3S/c20-10-14-5-7-15(8-6-14)12-24-13-19(21)22-11-17-9-16-3-1-2-4-18(16)23-17/h1-9H,11-13H2. The molecule has 24 heavy (non-hydrogen) atoms. The second-order valence-corrected chi connectivity index (χ2v) is 6.20. The summed E-state index contributed by atoms with van der Waals surface area (Å²) in [5.41, 5.74) is 2.50. The summed E-state index contributed by atoms with van der Waals surface area (Å²) < 4.78 is 10.8. The molecule has 3 rings (SSSR count). The zero-order valence-corrected chi connectivity index (χ0v) is 13.7. The molecule has 2 aromatic carbocycles. The van der Waals surface area contributed by atoms with Crippen molar-refractivity contribution in [3.63, 3.8) is 0 Å². The Labute approximate surface area is 144 Å². The van der Waals surface area contributed by atoms with E-state index in [1.807, 2.05) is 42.5 Å². The predicted octanol–water partition coefficient (Wildman–Crippen LogP) is 4.28. The summed E-state index contributed by atoms with van der Waals surface area (Å²) in [6.07, 6.45) is 0. The summed E-state index contributed by atoms with van der Waals surface area (Å²) in [6.45, 7) is 0.144. The van der Waals surface area contributed by atoms with Gasteiger partial charge in [-0.2, -0.15) is 5.26 Å². The first-order valence-corrected chi connectivity index (χ1v) is 8.60. The van der Waals surface area contributed by atoms with Gasteiger partial charge in [0.05, 0.1) is 17.4 Å². The molecule has 4 nitrogen and oxygen atoms in total. The minimum Gasteiger partial charge on any atom is -0.457 e. The highest BCUT2D eigenvalue weighted by Crippen LogP contribution is 2.19. The van der Waals surface area contributed by atoms with Gasteiger partial charge in [-0.25, -0.2) is 0 Å². The zero-order valence-electron chi connectivity index (χ0n) is 12.9. The first-order valence-electron chi connectivity index (χ1n) is 7.44. The molecule has 0 bridgehead atoms. The van der Waals surface area contributed by atoms with Crippen LogP contribution in [0.15, 0.2) is 59.0 Å². The molecule has 0 aliphatic heterocycles. The van der Waals surface area contributed by atoms with Gasteiger partial charge in [-0.1, -0.05) is 30.3 Å². The maximum Gasteiger partial charge on any atom is 0.316 e. The molecule has 120 valence electrons. The first-order chi connectivity index (χ1) is 11.7. The Hall–Kier alpha value is -2.71. The Morgan fingerprint density at radius 2 is 1.96 bits per heavy atom. The lowest BCUT2D eigenvalue weighted by Crippen LogP contribution is -2.07. The second kappa shape index (κ2) is 7.71. The number of ether oxygens (including phenoxy) is 1. The van der Waals surface area contributed by atoms with E-state index in [2.05, 4.69) is 6.07 Å². The summed E-state index contributed by atoms with van der Waals surface area (Å²) in [4.78, 5) is 11.8. The number of nitrogens with zero attached hydrogens (tertiary/aromatic N) is 1. The summed E-state index contributed by atoms with van der Waals surface area (Å²) in [7, 11) is 0. The molecule has 3 aromatic rings. The number of esters is 1. The van der Waals surface area contributed by atoms with Crippen molar-refractivity contribution in [2.24, 2.45) is 0 Å². The number of rotatable bonds is 6. The number of para-hydroxylation sites is 1. The lowest BCUT2D eigenvalue weighted by atomic mass is 10.2. The molecule has 0 amide bonds. The normalized spacial score (nSPS) is 10.5. The molecule has 0 aliphatic rings. The third-order valence-corrected chi connectivity index (χ3v) is 4.40. The summed E-state index contributed by atoms with van der Waals surface area (Å²) in [5, 5.41) is 9.75. The Morgan fingerprint density at radius 3 is 2.71 bits per heavy atom. The highest BCUT2D eigenvalue weighted by molar-refractivity contribution is 7.99. The van der Waals surface area contributed by atoms with E-state index in [-0.39, 0.29) is 18.3 Å². The number of fused-ring (bicyclic) bond motifs is 1. The summed E-state index contributed by atoms with van der Waals surface area (Å²) >= 11 is 1.48. The number of thioether (sulfide) groups is 1. The van der Waals surface area contributed by atoms with Crippen molar-refractivity contribution >= 4 is 28.7 Å². The van der Waals surface area contributed by atoms with E-state index >= 15 is 0 Å². The van der Waals surface area contributed by atoms with Crippen LogP contribution in [0.3, 0.4) is 0 Å². The van der Waals surface area contributed by atoms with Crippen molar-refractivity contribution in [2.75, 3.05) is 5.75 Å². The van der Waals surface area contributed by atoms with Gasteiger partial charge in [0.1, 0.15) is 18.0 Å². The van der Waals surface area contributed by atoms with Gasteiger partial charge in [0, 0.05) is 11.1 Å². The molecular weight excluding hydrogens is 322 g/mol. The maximum atomic E-state index is 11.8. The average molecular weight is 337 g/mol. The maximum absolute atomic E-state index is 11.8. The number of benzene rings is 2. The van der Waals surface area contributed by atoms with Crippen LogP contribution >= 0.6 is 11.8 Å². The number of nitriles is 1. The monoisotopic (exact) mass is 337 g/mol. The number of hydrogen-bond acceptors (Lipinski definition) is 5. The van der Waals surface area contributed by atoms with Crippen molar-refractivity contribution in [2.45, 2.75) is 12.4 Å². The smallest absolute Gasteiger partial charge is 0.316 e. The quantitative estimate of drug-likeness (QED) is 0.628. The molecule has 0 saturated carbocycles. The molecule has 0 N–H and O–H groups in total. The molecule has 0 aliphatic carbocycles. The summed E-state index contributed by atoms with van der Waals surface area (Å²) in [5.74, 6) is 1.35. The fourth-order valence-corrected chi connectivity index (χ4v) is 3.01. The molecule has 0 unspecified atom stereocenters. The molecule has 0 radical (unpaired) electrons. The fraction of sp³-hybridized carbons (Fsp3) is 0.158. The Bertz CT molecular complexity index is 845. The van der Waals surface area contributed by atoms with Crippen LogP contribution < -0.4 is 0 Å². The molecule has 1 heterocycles. The van der Waals surface area contributed by atoms with Crippen LogP contribution in [0, 0.1) is 11.3 Å². The van der Waals surface area contributed by atoms with Crippen molar-refractivity contribution in [1.29, 1.82) is 5.26 Å². The molecule has 0 fully saturated rings. The van der Waals surface area contributed by atoms with E-state index in [9.17, 15) is 4.79 Å². The zero-order chi connectivity index (χ0) is 16.8. The molecule has 0 spiro atoms. The van der Waals surface area contributed by atoms with Crippen molar-refractivity contribution < 1.29 is 13.9 Å². The van der Waals surface area contributed by atoms with Gasteiger partial charge >= 0.3 is 5.97 Å². The highest BCUT2D eigenvalue weighted by atomic mass is 32.2. The number of carbonyl (C=O) groups is 1. The summed E-state index contributed by atoms with van der Waals surface area (Å²) in [6, 6.07) is 19.0. The highest BCUT2D eigenvalue weighted by Gasteiger charge is 2.08. The Kier molecular flexibility index (Phi) is 5.19. The van der Waals surface area contributed by atoms with Crippen molar-refractivity contribution in [1.82, 2.24) is 0 Å². The third kappa shape index (κ3) is 4.18. The third-order valence-electron chi connectivity index (χ3n) is 3.42. The van der Waals surface area contributed by atoms with Gasteiger partial charge in [-0.3, -0.25) is 4.79 Å². The van der Waals surface area contributed by atoms with E-state index in [1.165, 1.54) is 11.8 Å². The second-order valence-electron chi connectivity index (χ2n) is 5.21. The number of hydrogen-bond donors (Lipinski definition) is 0. The molecule has 1 aromatic heterocycles. The van der Waals surface area contributed by atoms with E-state index in [0.29, 0.717) is 17.1 Å². The van der Waals surface area contributed by atoms with Crippen LogP contribution in [-0.4, -0.2) is 11.7 Å². The van der Waals surface area contributed by atoms with Crippen molar-refractivity contribution in [3.05, 3.63) is 71.5 Å². The van der Waals surface area contributed by atoms with Gasteiger partial charge in [0.15, 0.2) is 0 Å². The van der Waals surface area contributed by atoms with E-state index < -0.39 is 0 Å². The van der Waals surface area contributed by atoms with Gasteiger partial charge in [-0.05, 0) is 29.8 Å². The van der Waals surface area contributed by atoms with Crippen LogP contribution in [0.25, 0.3) is 11.0 Å². The molecule has 0 saturated heterocycles. The van der Waals surface area contributed by atoms with Gasteiger partial charge in [0.2, 0.25) is 0 Å². The van der Waals surface area contributed by atoms with E-state index in [0.717, 1.165) is 16.5 Å². The largest absolute Gasteiger partial charge is 0.457 e. The molecule has 0 atom stereocenters. The van der Waals surface area contributed by atoms with Gasteiger partial charge in [0.25, 0.3) is 0 Å². The topological polar surface area (TPSA) is 63.2 Å². The number of carbonyl (C=O) groups excluding carboxylic acids is 1. The van der Waals surface area contributed by atoms with Crippen LogP contribution in [0.4, 0.5) is 0 Å². The Morgan fingerprint density at radius 1 is 1.17 bits per heavy atom. The van der Waals surface area contributed by atoms with Crippen LogP contribution in [0.5, 0.6) is 0 Å². The lowest BCUT2D eigenvalue weighted by molar-refractivity contribution is -0.142. The number of furan rings is 1. The minimum absolute atomic E-state index is 0.144. The molecule has 5 heteroatoms. The van der Waals surface area contributed by atoms with Crippen LogP contribution in [-0.2, 0) is 21.9 Å². The van der Waals surface area contributed by atoms with Crippen LogP contribution in [0.2, 0.25) is 0 Å². The predicted molar refractivity (Wildman–Crippen MR) is 93.3 cm³/mol. The Balaban J connectivity index is 1.43. The fourth-order valence-electron chi connectivity index (χ4n) is 2.23. The SMILES string of the molecule is N#Cc1ccc(CSCC(=O)OCc2cc3ccccc3o2)cc1. The van der Waals surface area contributed by atoms with Gasteiger partial charge < -0.3 is 9.15 Å². The first kappa shape index (κ1) is 16.2. The average Bonchev–Trinajstić information content (AvgIpc) is 3.03. The van der Waals surface area contributed by atoms with Gasteiger partial charge in [-0.15, -0.1) is 11.8 Å². The van der Waals surface area contributed by atoms with Crippen LogP contribution in [0.1, 0.15) is 16.9 Å². The lowest BCUT2D eigenvalue weighted by Gasteiger charge is -2.03. The minimum atomic E-state index is -0.269.